The van der Waals surface area contributed by atoms with Crippen molar-refractivity contribution in [2.45, 2.75) is 19.4 Å². The van der Waals surface area contributed by atoms with Crippen LogP contribution in [0.25, 0.3) is 0 Å². The number of pyridine rings is 1. The predicted molar refractivity (Wildman–Crippen MR) is 55.7 cm³/mol. The summed E-state index contributed by atoms with van der Waals surface area (Å²) < 4.78 is 5.29. The largest absolute Gasteiger partial charge is 0.456 e. The van der Waals surface area contributed by atoms with Crippen LogP contribution < -0.4 is 5.32 Å². The zero-order valence-corrected chi connectivity index (χ0v) is 8.69. The van der Waals surface area contributed by atoms with Crippen LogP contribution in [-0.4, -0.2) is 30.1 Å². The predicted octanol–water partition coefficient (Wildman–Crippen LogP) is 0.909. The Kier molecular flexibility index (Phi) is 2.97. The highest BCUT2D eigenvalue weighted by atomic mass is 16.5. The minimum atomic E-state index is -0.326. The van der Waals surface area contributed by atoms with Gasteiger partial charge in [-0.25, -0.2) is 9.78 Å². The van der Waals surface area contributed by atoms with Gasteiger partial charge in [-0.2, -0.15) is 0 Å². The molecule has 0 aliphatic carbocycles. The van der Waals surface area contributed by atoms with Crippen molar-refractivity contribution in [3.05, 3.63) is 29.6 Å². The van der Waals surface area contributed by atoms with Crippen LogP contribution >= 0.6 is 0 Å². The molecule has 1 N–H and O–H groups in total. The normalized spacial score (nSPS) is 20.2. The fraction of sp³-hybridized carbons (Fsp3) is 0.455. The van der Waals surface area contributed by atoms with Gasteiger partial charge >= 0.3 is 5.97 Å². The average Bonchev–Trinajstić information content (AvgIpc) is 2.70. The van der Waals surface area contributed by atoms with Crippen molar-refractivity contribution in [3.63, 3.8) is 0 Å². The number of nitrogens with zero attached hydrogens (tertiary/aromatic N) is 1. The third-order valence-corrected chi connectivity index (χ3v) is 2.39. The lowest BCUT2D eigenvalue weighted by Crippen LogP contribution is -2.21. The van der Waals surface area contributed by atoms with Crippen LogP contribution in [-0.2, 0) is 4.74 Å². The minimum Gasteiger partial charge on any atom is -0.456 e. The molecule has 1 aliphatic rings. The van der Waals surface area contributed by atoms with Crippen LogP contribution in [0.5, 0.6) is 0 Å². The highest BCUT2D eigenvalue weighted by Gasteiger charge is 2.20. The summed E-state index contributed by atoms with van der Waals surface area (Å²) in [6.07, 6.45) is 0.886. The number of aryl methyl sites for hydroxylation is 1. The third kappa shape index (κ3) is 2.53. The van der Waals surface area contributed by atoms with Gasteiger partial charge < -0.3 is 10.1 Å². The molecule has 15 heavy (non-hydrogen) atoms. The Morgan fingerprint density at radius 3 is 3.13 bits per heavy atom. The van der Waals surface area contributed by atoms with Gasteiger partial charge in [-0.15, -0.1) is 0 Å². The highest BCUT2D eigenvalue weighted by molar-refractivity contribution is 5.87. The minimum absolute atomic E-state index is 0.000174. The lowest BCUT2D eigenvalue weighted by molar-refractivity contribution is 0.0337. The van der Waals surface area contributed by atoms with Crippen LogP contribution in [0.3, 0.4) is 0 Å². The summed E-state index contributed by atoms with van der Waals surface area (Å²) in [5, 5.41) is 3.14. The van der Waals surface area contributed by atoms with Gasteiger partial charge in [0.25, 0.3) is 0 Å². The first-order valence-corrected chi connectivity index (χ1v) is 5.11. The monoisotopic (exact) mass is 206 g/mol. The molecular formula is C11H14N2O2. The second kappa shape index (κ2) is 4.40. The second-order valence-electron chi connectivity index (χ2n) is 3.68. The zero-order valence-electron chi connectivity index (χ0n) is 8.69. The van der Waals surface area contributed by atoms with Gasteiger partial charge in [0, 0.05) is 12.2 Å². The van der Waals surface area contributed by atoms with Crippen molar-refractivity contribution in [2.24, 2.45) is 0 Å². The number of aromatic nitrogens is 1. The molecule has 2 rings (SSSR count). The standard InChI is InChI=1S/C11H14N2O2/c1-8-3-2-4-10(13-8)11(14)15-9-5-6-12-7-9/h2-4,9,12H,5-7H2,1H3/t9-/m0/s1. The molecule has 1 aliphatic heterocycles. The Bertz CT molecular complexity index is 359. The SMILES string of the molecule is Cc1cccc(C(=O)O[C@H]2CCNC2)n1. The molecule has 0 spiro atoms. The first-order valence-electron chi connectivity index (χ1n) is 5.11. The van der Waals surface area contributed by atoms with E-state index < -0.39 is 0 Å². The van der Waals surface area contributed by atoms with Gasteiger partial charge in [0.2, 0.25) is 0 Å². The Labute approximate surface area is 88.7 Å². The lowest BCUT2D eigenvalue weighted by atomic mass is 10.3. The van der Waals surface area contributed by atoms with Crippen molar-refractivity contribution in [1.29, 1.82) is 0 Å². The Hall–Kier alpha value is -1.42. The molecule has 4 nitrogen and oxygen atoms in total. The van der Waals surface area contributed by atoms with Gasteiger partial charge in [-0.05, 0) is 32.0 Å². The van der Waals surface area contributed by atoms with E-state index in [-0.39, 0.29) is 12.1 Å². The van der Waals surface area contributed by atoms with E-state index in [1.54, 1.807) is 6.07 Å². The topological polar surface area (TPSA) is 51.2 Å². The number of carbonyl (C=O) groups excluding carboxylic acids is 1. The molecule has 4 heteroatoms. The van der Waals surface area contributed by atoms with E-state index in [9.17, 15) is 4.79 Å². The number of rotatable bonds is 2. The van der Waals surface area contributed by atoms with E-state index in [0.717, 1.165) is 25.2 Å². The molecule has 80 valence electrons. The van der Waals surface area contributed by atoms with Gasteiger partial charge in [-0.3, -0.25) is 0 Å². The van der Waals surface area contributed by atoms with E-state index in [1.165, 1.54) is 0 Å². The molecule has 2 heterocycles. The van der Waals surface area contributed by atoms with Gasteiger partial charge in [0.05, 0.1) is 0 Å². The molecule has 0 radical (unpaired) electrons. The lowest BCUT2D eigenvalue weighted by Gasteiger charge is -2.10. The molecular weight excluding hydrogens is 192 g/mol. The van der Waals surface area contributed by atoms with E-state index in [1.807, 2.05) is 19.1 Å². The quantitative estimate of drug-likeness (QED) is 0.731. The summed E-state index contributed by atoms with van der Waals surface area (Å²) in [5.74, 6) is -0.326. The molecule has 1 aromatic rings. The number of hydrogen-bond donors (Lipinski definition) is 1. The number of ether oxygens (including phenoxy) is 1. The van der Waals surface area contributed by atoms with Gasteiger partial charge in [0.1, 0.15) is 11.8 Å². The van der Waals surface area contributed by atoms with Crippen LogP contribution in [0.15, 0.2) is 18.2 Å². The number of esters is 1. The highest BCUT2D eigenvalue weighted by Crippen LogP contribution is 2.07. The molecule has 0 saturated carbocycles. The Morgan fingerprint density at radius 2 is 2.47 bits per heavy atom. The van der Waals surface area contributed by atoms with Crippen LogP contribution in [0.1, 0.15) is 22.6 Å². The van der Waals surface area contributed by atoms with E-state index in [2.05, 4.69) is 10.3 Å². The fourth-order valence-corrected chi connectivity index (χ4v) is 1.60. The first kappa shape index (κ1) is 10.1. The fourth-order valence-electron chi connectivity index (χ4n) is 1.60. The Balaban J connectivity index is 2.01. The third-order valence-electron chi connectivity index (χ3n) is 2.39. The molecule has 1 aromatic heterocycles. The maximum absolute atomic E-state index is 11.6. The first-order chi connectivity index (χ1) is 7.25. The van der Waals surface area contributed by atoms with Crippen molar-refractivity contribution in [1.82, 2.24) is 10.3 Å². The number of carbonyl (C=O) groups is 1. The summed E-state index contributed by atoms with van der Waals surface area (Å²) in [6, 6.07) is 5.34. The molecule has 1 atom stereocenters. The van der Waals surface area contributed by atoms with E-state index in [0.29, 0.717) is 5.69 Å². The molecule has 0 amide bonds. The van der Waals surface area contributed by atoms with Gasteiger partial charge in [0.15, 0.2) is 0 Å². The van der Waals surface area contributed by atoms with Crippen LogP contribution in [0, 0.1) is 6.92 Å². The Morgan fingerprint density at radius 1 is 1.60 bits per heavy atom. The van der Waals surface area contributed by atoms with E-state index >= 15 is 0 Å². The molecule has 0 unspecified atom stereocenters. The van der Waals surface area contributed by atoms with Gasteiger partial charge in [-0.1, -0.05) is 6.07 Å². The number of nitrogens with one attached hydrogen (secondary N) is 1. The zero-order chi connectivity index (χ0) is 10.7. The maximum atomic E-state index is 11.6. The number of hydrogen-bond acceptors (Lipinski definition) is 4. The van der Waals surface area contributed by atoms with Crippen molar-refractivity contribution >= 4 is 5.97 Å². The second-order valence-corrected chi connectivity index (χ2v) is 3.68. The van der Waals surface area contributed by atoms with Crippen molar-refractivity contribution < 1.29 is 9.53 Å². The van der Waals surface area contributed by atoms with Crippen LogP contribution in [0.4, 0.5) is 0 Å². The summed E-state index contributed by atoms with van der Waals surface area (Å²) in [6.45, 7) is 3.52. The van der Waals surface area contributed by atoms with Crippen molar-refractivity contribution in [2.75, 3.05) is 13.1 Å². The summed E-state index contributed by atoms with van der Waals surface area (Å²) in [4.78, 5) is 15.8. The molecule has 1 fully saturated rings. The smallest absolute Gasteiger partial charge is 0.357 e. The summed E-state index contributed by atoms with van der Waals surface area (Å²) in [7, 11) is 0. The molecule has 0 bridgehead atoms. The average molecular weight is 206 g/mol. The van der Waals surface area contributed by atoms with E-state index in [4.69, 9.17) is 4.74 Å². The summed E-state index contributed by atoms with van der Waals surface area (Å²) >= 11 is 0. The summed E-state index contributed by atoms with van der Waals surface area (Å²) in [5.41, 5.74) is 1.22. The molecule has 1 saturated heterocycles. The van der Waals surface area contributed by atoms with Crippen LogP contribution in [0.2, 0.25) is 0 Å². The van der Waals surface area contributed by atoms with Crippen molar-refractivity contribution in [3.8, 4) is 0 Å². The molecule has 0 aromatic carbocycles. The maximum Gasteiger partial charge on any atom is 0.357 e.